The van der Waals surface area contributed by atoms with Crippen LogP contribution in [0.25, 0.3) is 10.2 Å². The molecule has 0 atom stereocenters. The SMILES string of the molecule is CSc1ccccc1C(=O)N(CCCN1CCOCC1)c1nc2c(C)cc(Cl)cc2s1.Cl. The van der Waals surface area contributed by atoms with Crippen LogP contribution in [0.15, 0.2) is 41.3 Å². The van der Waals surface area contributed by atoms with E-state index in [4.69, 9.17) is 21.3 Å². The number of thiazole rings is 1. The van der Waals surface area contributed by atoms with Gasteiger partial charge in [-0.05, 0) is 49.4 Å². The molecule has 1 amide bonds. The molecule has 32 heavy (non-hydrogen) atoms. The van der Waals surface area contributed by atoms with Gasteiger partial charge in [-0.3, -0.25) is 14.6 Å². The van der Waals surface area contributed by atoms with Crippen LogP contribution in [0.4, 0.5) is 5.13 Å². The van der Waals surface area contributed by atoms with Crippen LogP contribution in [0.1, 0.15) is 22.3 Å². The van der Waals surface area contributed by atoms with Crippen molar-refractivity contribution in [3.05, 3.63) is 52.5 Å². The van der Waals surface area contributed by atoms with Crippen molar-refractivity contribution >= 4 is 68.4 Å². The summed E-state index contributed by atoms with van der Waals surface area (Å²) in [7, 11) is 0. The molecule has 1 aliphatic rings. The number of nitrogens with zero attached hydrogens (tertiary/aromatic N) is 3. The quantitative estimate of drug-likeness (QED) is 0.376. The molecule has 9 heteroatoms. The zero-order chi connectivity index (χ0) is 21.8. The van der Waals surface area contributed by atoms with E-state index in [1.807, 2.05) is 54.5 Å². The van der Waals surface area contributed by atoms with Gasteiger partial charge >= 0.3 is 0 Å². The number of hydrogen-bond donors (Lipinski definition) is 0. The van der Waals surface area contributed by atoms with E-state index in [0.717, 1.165) is 70.6 Å². The van der Waals surface area contributed by atoms with Crippen molar-refractivity contribution < 1.29 is 9.53 Å². The first-order valence-corrected chi connectivity index (χ1v) is 12.8. The van der Waals surface area contributed by atoms with Gasteiger partial charge in [0.15, 0.2) is 5.13 Å². The van der Waals surface area contributed by atoms with Crippen LogP contribution < -0.4 is 4.90 Å². The molecule has 0 bridgehead atoms. The van der Waals surface area contributed by atoms with Gasteiger partial charge in [-0.1, -0.05) is 35.1 Å². The second-order valence-corrected chi connectivity index (χ2v) is 9.82. The van der Waals surface area contributed by atoms with E-state index in [9.17, 15) is 4.79 Å². The average Bonchev–Trinajstić information content (AvgIpc) is 3.21. The molecule has 0 radical (unpaired) electrons. The Labute approximate surface area is 208 Å². The minimum atomic E-state index is -0.00488. The molecule has 4 rings (SSSR count). The largest absolute Gasteiger partial charge is 0.379 e. The lowest BCUT2D eigenvalue weighted by molar-refractivity contribution is 0.0376. The van der Waals surface area contributed by atoms with Crippen LogP contribution in [-0.4, -0.2) is 61.4 Å². The van der Waals surface area contributed by atoms with Gasteiger partial charge < -0.3 is 4.74 Å². The summed E-state index contributed by atoms with van der Waals surface area (Å²) in [5, 5.41) is 1.42. The van der Waals surface area contributed by atoms with Crippen molar-refractivity contribution in [1.82, 2.24) is 9.88 Å². The topological polar surface area (TPSA) is 45.7 Å². The number of benzene rings is 2. The molecule has 1 saturated heterocycles. The lowest BCUT2D eigenvalue weighted by Crippen LogP contribution is -2.39. The second-order valence-electron chi connectivity index (χ2n) is 7.53. The van der Waals surface area contributed by atoms with Crippen LogP contribution in [0.5, 0.6) is 0 Å². The lowest BCUT2D eigenvalue weighted by Gasteiger charge is -2.28. The Morgan fingerprint density at radius 2 is 2.03 bits per heavy atom. The molecule has 3 aromatic rings. The van der Waals surface area contributed by atoms with Crippen LogP contribution >= 0.6 is 47.1 Å². The predicted molar refractivity (Wildman–Crippen MR) is 138 cm³/mol. The zero-order valence-corrected chi connectivity index (χ0v) is 21.4. The zero-order valence-electron chi connectivity index (χ0n) is 18.2. The maximum Gasteiger partial charge on any atom is 0.261 e. The summed E-state index contributed by atoms with van der Waals surface area (Å²) in [5.41, 5.74) is 2.65. The number of hydrogen-bond acceptors (Lipinski definition) is 6. The normalized spacial score (nSPS) is 14.3. The number of thioether (sulfide) groups is 1. The number of carbonyl (C=O) groups excluding carboxylic acids is 1. The first-order chi connectivity index (χ1) is 15.1. The van der Waals surface area contributed by atoms with Crippen LogP contribution in [0, 0.1) is 6.92 Å². The van der Waals surface area contributed by atoms with Gasteiger partial charge in [-0.2, -0.15) is 0 Å². The van der Waals surface area contributed by atoms with E-state index in [1.54, 1.807) is 11.8 Å². The molecule has 2 heterocycles. The van der Waals surface area contributed by atoms with Crippen molar-refractivity contribution in [3.8, 4) is 0 Å². The van der Waals surface area contributed by atoms with E-state index >= 15 is 0 Å². The highest BCUT2D eigenvalue weighted by atomic mass is 35.5. The highest BCUT2D eigenvalue weighted by molar-refractivity contribution is 7.98. The molecule has 1 aliphatic heterocycles. The molecular formula is C23H27Cl2N3O2S2. The Balaban J connectivity index is 0.00000289. The third-order valence-corrected chi connectivity index (χ3v) is 7.45. The number of ether oxygens (including phenoxy) is 1. The van der Waals surface area contributed by atoms with Gasteiger partial charge in [0, 0.05) is 36.1 Å². The molecule has 2 aromatic carbocycles. The van der Waals surface area contributed by atoms with Crippen molar-refractivity contribution in [2.24, 2.45) is 0 Å². The van der Waals surface area contributed by atoms with Gasteiger partial charge in [0.25, 0.3) is 5.91 Å². The molecule has 1 fully saturated rings. The molecule has 0 N–H and O–H groups in total. The Kier molecular flexibility index (Phi) is 9.22. The number of aromatic nitrogens is 1. The Morgan fingerprint density at radius 3 is 2.78 bits per heavy atom. The first-order valence-electron chi connectivity index (χ1n) is 10.4. The molecule has 0 unspecified atom stereocenters. The maximum absolute atomic E-state index is 13.7. The van der Waals surface area contributed by atoms with Gasteiger partial charge in [0.1, 0.15) is 0 Å². The van der Waals surface area contributed by atoms with E-state index in [-0.39, 0.29) is 18.3 Å². The number of fused-ring (bicyclic) bond motifs is 1. The number of morpholine rings is 1. The van der Waals surface area contributed by atoms with Crippen molar-refractivity contribution in [2.75, 3.05) is 50.5 Å². The fourth-order valence-electron chi connectivity index (χ4n) is 3.79. The highest BCUT2D eigenvalue weighted by Crippen LogP contribution is 2.34. The fraction of sp³-hybridized carbons (Fsp3) is 0.391. The third kappa shape index (κ3) is 5.76. The van der Waals surface area contributed by atoms with Crippen molar-refractivity contribution in [1.29, 1.82) is 0 Å². The summed E-state index contributed by atoms with van der Waals surface area (Å²) in [4.78, 5) is 23.7. The standard InChI is InChI=1S/C23H26ClN3O2S2.ClH/c1-16-14-17(24)15-20-21(16)25-23(31-20)27(9-5-8-26-10-12-29-13-11-26)22(28)18-6-3-4-7-19(18)30-2;/h3-4,6-7,14-15H,5,8-13H2,1-2H3;1H. The Morgan fingerprint density at radius 1 is 1.28 bits per heavy atom. The number of rotatable bonds is 7. The molecule has 0 saturated carbocycles. The molecule has 0 spiro atoms. The molecule has 0 aliphatic carbocycles. The summed E-state index contributed by atoms with van der Waals surface area (Å²) in [5.74, 6) is -0.00488. The van der Waals surface area contributed by atoms with Crippen LogP contribution in [0.2, 0.25) is 5.02 Å². The van der Waals surface area contributed by atoms with Gasteiger partial charge in [0.2, 0.25) is 0 Å². The monoisotopic (exact) mass is 511 g/mol. The van der Waals surface area contributed by atoms with E-state index in [0.29, 0.717) is 11.6 Å². The molecule has 172 valence electrons. The smallest absolute Gasteiger partial charge is 0.261 e. The number of amides is 1. The minimum absolute atomic E-state index is 0. The Hall–Kier alpha value is -1.35. The lowest BCUT2D eigenvalue weighted by atomic mass is 10.2. The van der Waals surface area contributed by atoms with E-state index < -0.39 is 0 Å². The van der Waals surface area contributed by atoms with E-state index in [2.05, 4.69) is 4.90 Å². The molecule has 1 aromatic heterocycles. The summed E-state index contributed by atoms with van der Waals surface area (Å²) in [6.07, 6.45) is 2.88. The summed E-state index contributed by atoms with van der Waals surface area (Å²) >= 11 is 9.37. The fourth-order valence-corrected chi connectivity index (χ4v) is 5.82. The third-order valence-electron chi connectivity index (χ3n) is 5.41. The number of carbonyl (C=O) groups is 1. The van der Waals surface area contributed by atoms with Crippen LogP contribution in [0.3, 0.4) is 0 Å². The minimum Gasteiger partial charge on any atom is -0.379 e. The molecular weight excluding hydrogens is 485 g/mol. The number of anilines is 1. The van der Waals surface area contributed by atoms with E-state index in [1.165, 1.54) is 11.3 Å². The highest BCUT2D eigenvalue weighted by Gasteiger charge is 2.24. The number of aryl methyl sites for hydroxylation is 1. The number of halogens is 2. The maximum atomic E-state index is 13.7. The molecule has 5 nitrogen and oxygen atoms in total. The summed E-state index contributed by atoms with van der Waals surface area (Å²) < 4.78 is 6.45. The average molecular weight is 513 g/mol. The predicted octanol–water partition coefficient (Wildman–Crippen LogP) is 5.77. The summed E-state index contributed by atoms with van der Waals surface area (Å²) in [6.45, 7) is 7.01. The van der Waals surface area contributed by atoms with Crippen molar-refractivity contribution in [2.45, 2.75) is 18.2 Å². The second kappa shape index (κ2) is 11.7. The Bertz CT molecular complexity index is 1070. The van der Waals surface area contributed by atoms with Gasteiger partial charge in [-0.25, -0.2) is 4.98 Å². The van der Waals surface area contributed by atoms with Gasteiger partial charge in [0.05, 0.1) is 29.0 Å². The van der Waals surface area contributed by atoms with Crippen LogP contribution in [-0.2, 0) is 4.74 Å². The van der Waals surface area contributed by atoms with Crippen molar-refractivity contribution in [3.63, 3.8) is 0 Å². The first kappa shape index (κ1) is 25.3. The van der Waals surface area contributed by atoms with Gasteiger partial charge in [-0.15, -0.1) is 24.2 Å². The summed E-state index contributed by atoms with van der Waals surface area (Å²) in [6, 6.07) is 11.6.